The van der Waals surface area contributed by atoms with Gasteiger partial charge in [-0.3, -0.25) is 4.79 Å². The minimum atomic E-state index is -0.155. The number of fused-ring (bicyclic) bond motifs is 1. The second-order valence-electron chi connectivity index (χ2n) is 5.24. The first kappa shape index (κ1) is 14.4. The molecule has 0 unspecified atom stereocenters. The minimum Gasteiger partial charge on any atom is -0.337 e. The highest BCUT2D eigenvalue weighted by atomic mass is 35.5. The SMILES string of the molecule is CN(C(=O)c1cc(Cl)cc(Cl)n1)C1Cc2ccccc2C1. The molecule has 1 heterocycles. The number of carbonyl (C=O) groups excluding carboxylic acids is 1. The molecule has 0 spiro atoms. The fourth-order valence-electron chi connectivity index (χ4n) is 2.73. The van der Waals surface area contributed by atoms with Crippen molar-refractivity contribution in [3.05, 3.63) is 63.4 Å². The Morgan fingerprint density at radius 3 is 2.38 bits per heavy atom. The molecule has 108 valence electrons. The monoisotopic (exact) mass is 320 g/mol. The van der Waals surface area contributed by atoms with Gasteiger partial charge in [-0.15, -0.1) is 0 Å². The van der Waals surface area contributed by atoms with Crippen LogP contribution < -0.4 is 0 Å². The quantitative estimate of drug-likeness (QED) is 0.792. The number of hydrogen-bond donors (Lipinski definition) is 0. The van der Waals surface area contributed by atoms with Gasteiger partial charge < -0.3 is 4.90 Å². The van der Waals surface area contributed by atoms with Crippen molar-refractivity contribution in [2.75, 3.05) is 7.05 Å². The maximum absolute atomic E-state index is 12.5. The summed E-state index contributed by atoms with van der Waals surface area (Å²) in [5, 5.41) is 0.649. The van der Waals surface area contributed by atoms with E-state index in [-0.39, 0.29) is 22.8 Å². The van der Waals surface area contributed by atoms with Crippen LogP contribution in [0.15, 0.2) is 36.4 Å². The lowest BCUT2D eigenvalue weighted by atomic mass is 10.1. The standard InChI is InChI=1S/C16H14Cl2N2O/c1-20(13-6-10-4-2-3-5-11(10)7-13)16(21)14-8-12(17)9-15(18)19-14/h2-5,8-9,13H,6-7H2,1H3. The van der Waals surface area contributed by atoms with E-state index in [4.69, 9.17) is 23.2 Å². The van der Waals surface area contributed by atoms with Gasteiger partial charge >= 0.3 is 0 Å². The van der Waals surface area contributed by atoms with Crippen LogP contribution in [0.4, 0.5) is 0 Å². The Labute approximate surface area is 133 Å². The van der Waals surface area contributed by atoms with Crippen LogP contribution in [0, 0.1) is 0 Å². The average Bonchev–Trinajstić information content (AvgIpc) is 2.88. The summed E-state index contributed by atoms with van der Waals surface area (Å²) >= 11 is 11.8. The molecule has 0 saturated heterocycles. The third kappa shape index (κ3) is 2.89. The third-order valence-electron chi connectivity index (χ3n) is 3.88. The molecular formula is C16H14Cl2N2O. The molecule has 1 aromatic carbocycles. The van der Waals surface area contributed by atoms with Crippen LogP contribution in [0.3, 0.4) is 0 Å². The lowest BCUT2D eigenvalue weighted by Gasteiger charge is -2.24. The van der Waals surface area contributed by atoms with E-state index < -0.39 is 0 Å². The molecular weight excluding hydrogens is 307 g/mol. The van der Waals surface area contributed by atoms with Crippen LogP contribution in [0.1, 0.15) is 21.6 Å². The van der Waals surface area contributed by atoms with Crippen LogP contribution in [0.2, 0.25) is 10.2 Å². The molecule has 1 aliphatic carbocycles. The van der Waals surface area contributed by atoms with Gasteiger partial charge in [0.15, 0.2) is 0 Å². The summed E-state index contributed by atoms with van der Waals surface area (Å²) in [5.41, 5.74) is 2.89. The first-order valence-electron chi connectivity index (χ1n) is 6.71. The number of halogens is 2. The Morgan fingerprint density at radius 2 is 1.81 bits per heavy atom. The van der Waals surface area contributed by atoms with Gasteiger partial charge in [0.2, 0.25) is 0 Å². The number of rotatable bonds is 2. The highest BCUT2D eigenvalue weighted by Crippen LogP contribution is 2.26. The maximum Gasteiger partial charge on any atom is 0.272 e. The third-order valence-corrected chi connectivity index (χ3v) is 4.29. The van der Waals surface area contributed by atoms with E-state index >= 15 is 0 Å². The molecule has 1 aromatic heterocycles. The second kappa shape index (κ2) is 5.66. The van der Waals surface area contributed by atoms with Gasteiger partial charge in [-0.05, 0) is 36.1 Å². The number of pyridine rings is 1. The van der Waals surface area contributed by atoms with E-state index in [0.717, 1.165) is 12.8 Å². The van der Waals surface area contributed by atoms with Crippen molar-refractivity contribution in [2.24, 2.45) is 0 Å². The lowest BCUT2D eigenvalue weighted by Crippen LogP contribution is -2.38. The van der Waals surface area contributed by atoms with Crippen molar-refractivity contribution in [3.63, 3.8) is 0 Å². The fourth-order valence-corrected chi connectivity index (χ4v) is 3.20. The highest BCUT2D eigenvalue weighted by molar-refractivity contribution is 6.34. The van der Waals surface area contributed by atoms with Crippen molar-refractivity contribution in [2.45, 2.75) is 18.9 Å². The Morgan fingerprint density at radius 1 is 1.19 bits per heavy atom. The largest absolute Gasteiger partial charge is 0.337 e. The number of amides is 1. The smallest absolute Gasteiger partial charge is 0.272 e. The molecule has 3 nitrogen and oxygen atoms in total. The second-order valence-corrected chi connectivity index (χ2v) is 6.06. The number of hydrogen-bond acceptors (Lipinski definition) is 2. The molecule has 21 heavy (non-hydrogen) atoms. The van der Waals surface area contributed by atoms with Gasteiger partial charge in [0, 0.05) is 18.1 Å². The van der Waals surface area contributed by atoms with Gasteiger partial charge in [0.25, 0.3) is 5.91 Å². The minimum absolute atomic E-state index is 0.148. The van der Waals surface area contributed by atoms with Crippen LogP contribution >= 0.6 is 23.2 Å². The maximum atomic E-state index is 12.5. The van der Waals surface area contributed by atoms with Crippen LogP contribution in [-0.2, 0) is 12.8 Å². The molecule has 0 aliphatic heterocycles. The molecule has 3 rings (SSSR count). The zero-order valence-electron chi connectivity index (χ0n) is 11.5. The molecule has 0 radical (unpaired) electrons. The van der Waals surface area contributed by atoms with Crippen molar-refractivity contribution in [3.8, 4) is 0 Å². The average molecular weight is 321 g/mol. The molecule has 2 aromatic rings. The molecule has 0 bridgehead atoms. The summed E-state index contributed by atoms with van der Waals surface area (Å²) in [4.78, 5) is 18.3. The van der Waals surface area contributed by atoms with Gasteiger partial charge in [0.05, 0.1) is 0 Å². The van der Waals surface area contributed by atoms with Crippen molar-refractivity contribution < 1.29 is 4.79 Å². The van der Waals surface area contributed by atoms with Gasteiger partial charge in [-0.25, -0.2) is 4.98 Å². The Bertz CT molecular complexity index is 657. The van der Waals surface area contributed by atoms with E-state index in [0.29, 0.717) is 5.02 Å². The van der Waals surface area contributed by atoms with Crippen molar-refractivity contribution >= 4 is 29.1 Å². The highest BCUT2D eigenvalue weighted by Gasteiger charge is 2.28. The first-order valence-corrected chi connectivity index (χ1v) is 7.47. The topological polar surface area (TPSA) is 33.2 Å². The Kier molecular flexibility index (Phi) is 3.87. The number of likely N-dealkylation sites (N-methyl/N-ethyl adjacent to an activating group) is 1. The summed E-state index contributed by atoms with van der Waals surface area (Å²) in [5.74, 6) is -0.155. The van der Waals surface area contributed by atoms with Crippen LogP contribution in [0.25, 0.3) is 0 Å². The normalized spacial score (nSPS) is 14.0. The molecule has 5 heteroatoms. The first-order chi connectivity index (χ1) is 10.0. The molecule has 0 atom stereocenters. The summed E-state index contributed by atoms with van der Waals surface area (Å²) in [6.45, 7) is 0. The van der Waals surface area contributed by atoms with Gasteiger partial charge in [-0.1, -0.05) is 47.5 Å². The lowest BCUT2D eigenvalue weighted by molar-refractivity contribution is 0.0732. The zero-order chi connectivity index (χ0) is 15.0. The summed E-state index contributed by atoms with van der Waals surface area (Å²) < 4.78 is 0. The number of benzene rings is 1. The predicted octanol–water partition coefficient (Wildman–Crippen LogP) is 3.63. The van der Waals surface area contributed by atoms with Crippen LogP contribution in [0.5, 0.6) is 0 Å². The summed E-state index contributed by atoms with van der Waals surface area (Å²) in [6, 6.07) is 11.5. The van der Waals surface area contributed by atoms with E-state index in [9.17, 15) is 4.79 Å². The fraction of sp³-hybridized carbons (Fsp3) is 0.250. The van der Waals surface area contributed by atoms with E-state index in [2.05, 4.69) is 17.1 Å². The molecule has 0 fully saturated rings. The Hall–Kier alpha value is -1.58. The van der Waals surface area contributed by atoms with Gasteiger partial charge in [0.1, 0.15) is 10.8 Å². The molecule has 1 amide bonds. The predicted molar refractivity (Wildman–Crippen MR) is 84.0 cm³/mol. The zero-order valence-corrected chi connectivity index (χ0v) is 13.0. The van der Waals surface area contributed by atoms with Crippen LogP contribution in [-0.4, -0.2) is 28.9 Å². The molecule has 1 aliphatic rings. The van der Waals surface area contributed by atoms with E-state index in [1.54, 1.807) is 18.0 Å². The van der Waals surface area contributed by atoms with Crippen molar-refractivity contribution in [1.82, 2.24) is 9.88 Å². The molecule has 0 N–H and O–H groups in total. The van der Waals surface area contributed by atoms with Crippen molar-refractivity contribution in [1.29, 1.82) is 0 Å². The van der Waals surface area contributed by atoms with E-state index in [1.165, 1.54) is 17.2 Å². The number of nitrogens with zero attached hydrogens (tertiary/aromatic N) is 2. The Balaban J connectivity index is 1.80. The van der Waals surface area contributed by atoms with Gasteiger partial charge in [-0.2, -0.15) is 0 Å². The summed E-state index contributed by atoms with van der Waals surface area (Å²) in [7, 11) is 1.80. The molecule has 0 saturated carbocycles. The van der Waals surface area contributed by atoms with E-state index in [1.807, 2.05) is 12.1 Å². The number of carbonyl (C=O) groups is 1. The number of aromatic nitrogens is 1. The summed E-state index contributed by atoms with van der Waals surface area (Å²) in [6.07, 6.45) is 1.74.